The number of benzene rings is 2. The van der Waals surface area contributed by atoms with Gasteiger partial charge in [0.05, 0.1) is 0 Å². The van der Waals surface area contributed by atoms with Crippen LogP contribution in [0.5, 0.6) is 0 Å². The third-order valence-corrected chi connectivity index (χ3v) is 3.65. The minimum Gasteiger partial charge on any atom is -0.399 e. The molecule has 3 aromatic rings. The van der Waals surface area contributed by atoms with Crippen LogP contribution in [0.25, 0.3) is 10.9 Å². The average molecular weight is 344 g/mol. The third kappa shape index (κ3) is 2.92. The van der Waals surface area contributed by atoms with Gasteiger partial charge in [0, 0.05) is 26.8 Å². The summed E-state index contributed by atoms with van der Waals surface area (Å²) in [7, 11) is 0. The number of nitrogens with two attached hydrogens (primary N) is 1. The predicted molar refractivity (Wildman–Crippen MR) is 89.5 cm³/mol. The lowest BCUT2D eigenvalue weighted by Gasteiger charge is -2.05. The Morgan fingerprint density at radius 2 is 2.00 bits per heavy atom. The molecule has 4 nitrogen and oxygen atoms in total. The summed E-state index contributed by atoms with van der Waals surface area (Å²) in [6.07, 6.45) is 0. The Bertz CT molecular complexity index is 818. The lowest BCUT2D eigenvalue weighted by atomic mass is 10.2. The van der Waals surface area contributed by atoms with Gasteiger partial charge in [0.1, 0.15) is 5.69 Å². The van der Waals surface area contributed by atoms with Gasteiger partial charge in [-0.1, -0.05) is 15.9 Å². The first-order valence-corrected chi connectivity index (χ1v) is 7.27. The number of aromatic nitrogens is 1. The third-order valence-electron chi connectivity index (χ3n) is 3.19. The number of fused-ring (bicyclic) bond motifs is 1. The number of carbonyl (C=O) groups excluding carboxylic acids is 1. The Labute approximate surface area is 130 Å². The number of aromatic amines is 1. The Kier molecular flexibility index (Phi) is 3.43. The molecule has 3 rings (SSSR count). The molecule has 0 unspecified atom stereocenters. The largest absolute Gasteiger partial charge is 0.399 e. The van der Waals surface area contributed by atoms with Crippen LogP contribution >= 0.6 is 15.9 Å². The molecule has 0 spiro atoms. The first-order valence-electron chi connectivity index (χ1n) is 6.48. The number of nitrogen functional groups attached to an aromatic ring is 1. The van der Waals surface area contributed by atoms with E-state index in [0.29, 0.717) is 11.4 Å². The zero-order chi connectivity index (χ0) is 15.0. The van der Waals surface area contributed by atoms with Crippen LogP contribution in [-0.4, -0.2) is 10.9 Å². The molecule has 0 bridgehead atoms. The number of hydrogen-bond donors (Lipinski definition) is 3. The number of aryl methyl sites for hydroxylation is 1. The van der Waals surface area contributed by atoms with E-state index in [4.69, 9.17) is 5.73 Å². The molecule has 0 aliphatic carbocycles. The predicted octanol–water partition coefficient (Wildman–Crippen LogP) is 4.07. The smallest absolute Gasteiger partial charge is 0.272 e. The summed E-state index contributed by atoms with van der Waals surface area (Å²) in [6, 6.07) is 13.1. The molecule has 21 heavy (non-hydrogen) atoms. The van der Waals surface area contributed by atoms with Crippen LogP contribution in [0.1, 0.15) is 16.1 Å². The van der Waals surface area contributed by atoms with Gasteiger partial charge in [0.2, 0.25) is 0 Å². The van der Waals surface area contributed by atoms with Crippen molar-refractivity contribution in [1.82, 2.24) is 4.98 Å². The number of amides is 1. The second-order valence-electron chi connectivity index (χ2n) is 5.00. The molecule has 0 fully saturated rings. The summed E-state index contributed by atoms with van der Waals surface area (Å²) < 4.78 is 0.933. The zero-order valence-corrected chi connectivity index (χ0v) is 13.0. The fourth-order valence-electron chi connectivity index (χ4n) is 2.28. The standard InChI is InChI=1S/C16H14BrN3O/c1-9-4-11(17)8-13(5-9)19-16(21)15-7-10-6-12(18)2-3-14(10)20-15/h2-8,20H,18H2,1H3,(H,19,21). The maximum Gasteiger partial charge on any atom is 0.272 e. The van der Waals surface area contributed by atoms with Crippen molar-refractivity contribution in [2.24, 2.45) is 0 Å². The molecule has 106 valence electrons. The molecule has 4 N–H and O–H groups in total. The van der Waals surface area contributed by atoms with E-state index in [1.54, 1.807) is 12.1 Å². The Hall–Kier alpha value is -2.27. The fraction of sp³-hybridized carbons (Fsp3) is 0.0625. The Balaban J connectivity index is 1.89. The molecule has 1 amide bonds. The molecule has 0 saturated heterocycles. The lowest BCUT2D eigenvalue weighted by molar-refractivity contribution is 0.102. The first-order chi connectivity index (χ1) is 10.0. The summed E-state index contributed by atoms with van der Waals surface area (Å²) >= 11 is 3.42. The van der Waals surface area contributed by atoms with E-state index in [-0.39, 0.29) is 5.91 Å². The highest BCUT2D eigenvalue weighted by Crippen LogP contribution is 2.21. The normalized spacial score (nSPS) is 10.8. The van der Waals surface area contributed by atoms with E-state index in [1.807, 2.05) is 37.3 Å². The molecule has 1 aromatic heterocycles. The summed E-state index contributed by atoms with van der Waals surface area (Å²) in [4.78, 5) is 15.4. The van der Waals surface area contributed by atoms with Gasteiger partial charge in [-0.3, -0.25) is 4.79 Å². The van der Waals surface area contributed by atoms with Gasteiger partial charge < -0.3 is 16.0 Å². The summed E-state index contributed by atoms with van der Waals surface area (Å²) in [6.45, 7) is 1.98. The quantitative estimate of drug-likeness (QED) is 0.613. The van der Waals surface area contributed by atoms with Crippen LogP contribution in [0.15, 0.2) is 46.9 Å². The Morgan fingerprint density at radius 3 is 2.76 bits per heavy atom. The van der Waals surface area contributed by atoms with Gasteiger partial charge in [-0.2, -0.15) is 0 Å². The van der Waals surface area contributed by atoms with Crippen molar-refractivity contribution >= 4 is 44.1 Å². The molecule has 0 aliphatic rings. The second-order valence-corrected chi connectivity index (χ2v) is 5.92. The molecule has 2 aromatic carbocycles. The molecule has 0 radical (unpaired) electrons. The summed E-state index contributed by atoms with van der Waals surface area (Å²) in [5, 5.41) is 3.81. The maximum atomic E-state index is 12.3. The van der Waals surface area contributed by atoms with Crippen molar-refractivity contribution in [2.45, 2.75) is 6.92 Å². The van der Waals surface area contributed by atoms with Gasteiger partial charge >= 0.3 is 0 Å². The van der Waals surface area contributed by atoms with Crippen molar-refractivity contribution in [3.05, 3.63) is 58.2 Å². The van der Waals surface area contributed by atoms with Crippen molar-refractivity contribution < 1.29 is 4.79 Å². The molecule has 0 aliphatic heterocycles. The number of halogens is 1. The highest BCUT2D eigenvalue weighted by Gasteiger charge is 2.10. The van der Waals surface area contributed by atoms with Crippen LogP contribution in [0.4, 0.5) is 11.4 Å². The van der Waals surface area contributed by atoms with Crippen LogP contribution in [-0.2, 0) is 0 Å². The number of anilines is 2. The van der Waals surface area contributed by atoms with Crippen molar-refractivity contribution in [1.29, 1.82) is 0 Å². The zero-order valence-electron chi connectivity index (χ0n) is 11.4. The SMILES string of the molecule is Cc1cc(Br)cc(NC(=O)c2cc3cc(N)ccc3[nH]2)c1. The van der Waals surface area contributed by atoms with Crippen LogP contribution in [0.2, 0.25) is 0 Å². The molecular formula is C16H14BrN3O. The number of hydrogen-bond acceptors (Lipinski definition) is 2. The minimum absolute atomic E-state index is 0.178. The monoisotopic (exact) mass is 343 g/mol. The molecule has 1 heterocycles. The number of carbonyl (C=O) groups is 1. The van der Waals surface area contributed by atoms with E-state index in [9.17, 15) is 4.79 Å². The highest BCUT2D eigenvalue weighted by atomic mass is 79.9. The van der Waals surface area contributed by atoms with E-state index in [0.717, 1.165) is 26.6 Å². The van der Waals surface area contributed by atoms with E-state index >= 15 is 0 Å². The van der Waals surface area contributed by atoms with E-state index < -0.39 is 0 Å². The molecular weight excluding hydrogens is 330 g/mol. The Morgan fingerprint density at radius 1 is 1.19 bits per heavy atom. The average Bonchev–Trinajstić information content (AvgIpc) is 2.80. The minimum atomic E-state index is -0.178. The van der Waals surface area contributed by atoms with Crippen molar-refractivity contribution in [3.63, 3.8) is 0 Å². The van der Waals surface area contributed by atoms with Gasteiger partial charge in [-0.05, 0) is 55.0 Å². The van der Waals surface area contributed by atoms with E-state index in [1.165, 1.54) is 0 Å². The number of H-pyrrole nitrogens is 1. The first kappa shape index (κ1) is 13.7. The van der Waals surface area contributed by atoms with Crippen LogP contribution in [0, 0.1) is 6.92 Å². The van der Waals surface area contributed by atoms with Crippen LogP contribution < -0.4 is 11.1 Å². The van der Waals surface area contributed by atoms with Crippen molar-refractivity contribution in [2.75, 3.05) is 11.1 Å². The number of rotatable bonds is 2. The van der Waals surface area contributed by atoms with Gasteiger partial charge in [0.15, 0.2) is 0 Å². The lowest BCUT2D eigenvalue weighted by Crippen LogP contribution is -2.12. The van der Waals surface area contributed by atoms with Crippen LogP contribution in [0.3, 0.4) is 0 Å². The van der Waals surface area contributed by atoms with Gasteiger partial charge in [0.25, 0.3) is 5.91 Å². The summed E-state index contributed by atoms with van der Waals surface area (Å²) in [5.41, 5.74) is 9.65. The molecule has 0 atom stereocenters. The maximum absolute atomic E-state index is 12.3. The van der Waals surface area contributed by atoms with E-state index in [2.05, 4.69) is 26.2 Å². The van der Waals surface area contributed by atoms with Gasteiger partial charge in [-0.25, -0.2) is 0 Å². The molecule has 5 heteroatoms. The summed E-state index contributed by atoms with van der Waals surface area (Å²) in [5.74, 6) is -0.178. The van der Waals surface area contributed by atoms with Gasteiger partial charge in [-0.15, -0.1) is 0 Å². The number of nitrogens with one attached hydrogen (secondary N) is 2. The van der Waals surface area contributed by atoms with Crippen molar-refractivity contribution in [3.8, 4) is 0 Å². The highest BCUT2D eigenvalue weighted by molar-refractivity contribution is 9.10. The topological polar surface area (TPSA) is 70.9 Å². The fourth-order valence-corrected chi connectivity index (χ4v) is 2.89. The second kappa shape index (κ2) is 5.26. The molecule has 0 saturated carbocycles.